The van der Waals surface area contributed by atoms with Crippen molar-refractivity contribution >= 4 is 17.7 Å². The van der Waals surface area contributed by atoms with E-state index in [-0.39, 0.29) is 12.3 Å². The molecule has 0 aromatic rings. The second kappa shape index (κ2) is 14.2. The summed E-state index contributed by atoms with van der Waals surface area (Å²) in [6.45, 7) is 2.50. The highest BCUT2D eigenvalue weighted by molar-refractivity contribution is 6.01. The third kappa shape index (κ3) is 11.7. The van der Waals surface area contributed by atoms with Gasteiger partial charge in [-0.1, -0.05) is 45.4 Å². The van der Waals surface area contributed by atoms with E-state index >= 15 is 0 Å². The summed E-state index contributed by atoms with van der Waals surface area (Å²) >= 11 is 0. The highest BCUT2D eigenvalue weighted by Crippen LogP contribution is 2.08. The minimum absolute atomic E-state index is 0.0456. The summed E-state index contributed by atoms with van der Waals surface area (Å²) in [5, 5.41) is 2.70. The SMILES string of the molecule is CCCCCCCCCC(=O)NCCCC(=O)C(F)C(=O)OC. The topological polar surface area (TPSA) is 72.5 Å². The Hall–Kier alpha value is -1.46. The van der Waals surface area contributed by atoms with Crippen LogP contribution in [0, 0.1) is 0 Å². The minimum Gasteiger partial charge on any atom is -0.467 e. The van der Waals surface area contributed by atoms with E-state index in [1.165, 1.54) is 25.7 Å². The van der Waals surface area contributed by atoms with Crippen LogP contribution in [-0.2, 0) is 19.1 Å². The molecular formula is C17H30FNO4. The number of halogens is 1. The molecule has 23 heavy (non-hydrogen) atoms. The maximum absolute atomic E-state index is 13.2. The number of Topliss-reactive ketones (excluding diaryl/α,β-unsaturated/α-hetero) is 1. The Morgan fingerprint density at radius 1 is 0.957 bits per heavy atom. The average molecular weight is 331 g/mol. The molecule has 0 spiro atoms. The highest BCUT2D eigenvalue weighted by atomic mass is 19.1. The molecule has 0 aromatic heterocycles. The maximum atomic E-state index is 13.2. The van der Waals surface area contributed by atoms with E-state index < -0.39 is 17.9 Å². The molecule has 0 rings (SSSR count). The van der Waals surface area contributed by atoms with Gasteiger partial charge in [-0.3, -0.25) is 9.59 Å². The lowest BCUT2D eigenvalue weighted by Gasteiger charge is -2.07. The predicted octanol–water partition coefficient (Wildman–Crippen LogP) is 3.10. The predicted molar refractivity (Wildman–Crippen MR) is 86.8 cm³/mol. The van der Waals surface area contributed by atoms with Crippen LogP contribution < -0.4 is 5.32 Å². The van der Waals surface area contributed by atoms with Gasteiger partial charge in [0.25, 0.3) is 6.17 Å². The fourth-order valence-corrected chi connectivity index (χ4v) is 2.18. The molecule has 6 heteroatoms. The number of carbonyl (C=O) groups is 3. The van der Waals surface area contributed by atoms with Gasteiger partial charge in [0.15, 0.2) is 5.78 Å². The van der Waals surface area contributed by atoms with Gasteiger partial charge in [0.2, 0.25) is 5.91 Å². The Morgan fingerprint density at radius 2 is 1.57 bits per heavy atom. The van der Waals surface area contributed by atoms with Gasteiger partial charge in [0.05, 0.1) is 7.11 Å². The third-order valence-electron chi connectivity index (χ3n) is 3.62. The zero-order valence-electron chi connectivity index (χ0n) is 14.4. The van der Waals surface area contributed by atoms with Crippen molar-refractivity contribution in [3.8, 4) is 0 Å². The van der Waals surface area contributed by atoms with Crippen molar-refractivity contribution in [2.24, 2.45) is 0 Å². The van der Waals surface area contributed by atoms with Gasteiger partial charge in [-0.25, -0.2) is 9.18 Å². The number of ketones is 1. The second-order valence-corrected chi connectivity index (χ2v) is 5.68. The molecule has 134 valence electrons. The van der Waals surface area contributed by atoms with Gasteiger partial charge < -0.3 is 10.1 Å². The van der Waals surface area contributed by atoms with Crippen LogP contribution in [0.1, 0.15) is 71.1 Å². The maximum Gasteiger partial charge on any atom is 0.348 e. The van der Waals surface area contributed by atoms with Crippen molar-refractivity contribution in [2.45, 2.75) is 77.3 Å². The fourth-order valence-electron chi connectivity index (χ4n) is 2.18. The molecular weight excluding hydrogens is 301 g/mol. The number of hydrogen-bond donors (Lipinski definition) is 1. The quantitative estimate of drug-likeness (QED) is 0.301. The first-order valence-corrected chi connectivity index (χ1v) is 8.54. The van der Waals surface area contributed by atoms with E-state index in [2.05, 4.69) is 17.0 Å². The van der Waals surface area contributed by atoms with Crippen molar-refractivity contribution in [3.05, 3.63) is 0 Å². The van der Waals surface area contributed by atoms with Crippen LogP contribution in [0.25, 0.3) is 0 Å². The largest absolute Gasteiger partial charge is 0.467 e. The summed E-state index contributed by atoms with van der Waals surface area (Å²) in [6.07, 6.45) is 6.56. The summed E-state index contributed by atoms with van der Waals surface area (Å²) in [7, 11) is 1.03. The molecule has 5 nitrogen and oxygen atoms in total. The number of amides is 1. The van der Waals surface area contributed by atoms with Crippen LogP contribution >= 0.6 is 0 Å². The van der Waals surface area contributed by atoms with Gasteiger partial charge in [0.1, 0.15) is 0 Å². The molecule has 0 bridgehead atoms. The minimum atomic E-state index is -2.22. The number of hydrogen-bond acceptors (Lipinski definition) is 4. The van der Waals surface area contributed by atoms with Crippen LogP contribution in [0.2, 0.25) is 0 Å². The lowest BCUT2D eigenvalue weighted by Crippen LogP contribution is -2.29. The number of esters is 1. The molecule has 0 radical (unpaired) electrons. The third-order valence-corrected chi connectivity index (χ3v) is 3.62. The Bertz CT molecular complexity index is 361. The van der Waals surface area contributed by atoms with Crippen molar-refractivity contribution in [1.82, 2.24) is 5.32 Å². The smallest absolute Gasteiger partial charge is 0.348 e. The molecule has 1 unspecified atom stereocenters. The Balaban J connectivity index is 3.53. The lowest BCUT2D eigenvalue weighted by molar-refractivity contribution is -0.150. The highest BCUT2D eigenvalue weighted by Gasteiger charge is 2.25. The first-order valence-electron chi connectivity index (χ1n) is 8.54. The van der Waals surface area contributed by atoms with Gasteiger partial charge in [0, 0.05) is 19.4 Å². The summed E-state index contributed by atoms with van der Waals surface area (Å²) in [4.78, 5) is 33.7. The van der Waals surface area contributed by atoms with Crippen molar-refractivity contribution < 1.29 is 23.5 Å². The van der Waals surface area contributed by atoms with Crippen LogP contribution in [0.5, 0.6) is 0 Å². The fraction of sp³-hybridized carbons (Fsp3) is 0.824. The first-order chi connectivity index (χ1) is 11.0. The van der Waals surface area contributed by atoms with E-state index in [9.17, 15) is 18.8 Å². The van der Waals surface area contributed by atoms with E-state index in [0.29, 0.717) is 19.4 Å². The van der Waals surface area contributed by atoms with Crippen LogP contribution in [0.4, 0.5) is 4.39 Å². The van der Waals surface area contributed by atoms with E-state index in [4.69, 9.17) is 0 Å². The lowest BCUT2D eigenvalue weighted by atomic mass is 10.1. The van der Waals surface area contributed by atoms with Crippen LogP contribution in [0.3, 0.4) is 0 Å². The molecule has 1 amide bonds. The van der Waals surface area contributed by atoms with Crippen molar-refractivity contribution in [1.29, 1.82) is 0 Å². The zero-order chi connectivity index (χ0) is 17.5. The summed E-state index contributed by atoms with van der Waals surface area (Å²) < 4.78 is 17.3. The summed E-state index contributed by atoms with van der Waals surface area (Å²) in [6, 6.07) is 0. The average Bonchev–Trinajstić information content (AvgIpc) is 2.56. The molecule has 0 aliphatic carbocycles. The molecule has 0 aliphatic rings. The van der Waals surface area contributed by atoms with Gasteiger partial charge in [-0.2, -0.15) is 0 Å². The summed E-state index contributed by atoms with van der Waals surface area (Å²) in [5.74, 6) is -2.02. The van der Waals surface area contributed by atoms with E-state index in [0.717, 1.165) is 26.4 Å². The number of methoxy groups -OCH3 is 1. The molecule has 1 atom stereocenters. The molecule has 0 saturated heterocycles. The molecule has 0 saturated carbocycles. The molecule has 0 aliphatic heterocycles. The van der Waals surface area contributed by atoms with Crippen LogP contribution in [0.15, 0.2) is 0 Å². The molecule has 0 aromatic carbocycles. The number of alkyl halides is 1. The number of nitrogens with one attached hydrogen (secondary N) is 1. The Labute approximate surface area is 138 Å². The Kier molecular flexibility index (Phi) is 13.3. The van der Waals surface area contributed by atoms with E-state index in [1.54, 1.807) is 0 Å². The standard InChI is InChI=1S/C17H30FNO4/c1-3-4-5-6-7-8-9-12-15(21)19-13-10-11-14(20)16(18)17(22)23-2/h16H,3-13H2,1-2H3,(H,19,21). The van der Waals surface area contributed by atoms with Gasteiger partial charge in [-0.15, -0.1) is 0 Å². The van der Waals surface area contributed by atoms with Gasteiger partial charge >= 0.3 is 5.97 Å². The number of carbonyl (C=O) groups excluding carboxylic acids is 3. The van der Waals surface area contributed by atoms with Crippen molar-refractivity contribution in [3.63, 3.8) is 0 Å². The number of unbranched alkanes of at least 4 members (excludes halogenated alkanes) is 6. The van der Waals surface area contributed by atoms with E-state index in [1.807, 2.05) is 0 Å². The molecule has 1 N–H and O–H groups in total. The number of ether oxygens (including phenoxy) is 1. The monoisotopic (exact) mass is 331 g/mol. The zero-order valence-corrected chi connectivity index (χ0v) is 14.4. The molecule has 0 fully saturated rings. The summed E-state index contributed by atoms with van der Waals surface area (Å²) in [5.41, 5.74) is 0. The van der Waals surface area contributed by atoms with Crippen LogP contribution in [-0.4, -0.2) is 37.5 Å². The Morgan fingerprint density at radius 3 is 2.17 bits per heavy atom. The molecule has 0 heterocycles. The normalized spacial score (nSPS) is 11.8. The number of rotatable bonds is 14. The second-order valence-electron chi connectivity index (χ2n) is 5.68. The van der Waals surface area contributed by atoms with Gasteiger partial charge in [-0.05, 0) is 12.8 Å². The first kappa shape index (κ1) is 21.5. The van der Waals surface area contributed by atoms with Crippen molar-refractivity contribution in [2.75, 3.05) is 13.7 Å².